The van der Waals surface area contributed by atoms with Gasteiger partial charge in [-0.3, -0.25) is 0 Å². The third-order valence-corrected chi connectivity index (χ3v) is 2.93. The normalized spacial score (nSPS) is 10.5. The maximum Gasteiger partial charge on any atom is 0.156 e. The Morgan fingerprint density at radius 2 is 2.14 bits per heavy atom. The van der Waals surface area contributed by atoms with Crippen molar-refractivity contribution >= 4 is 28.4 Å². The Labute approximate surface area is 97.4 Å². The monoisotopic (exact) mass is 307 g/mol. The van der Waals surface area contributed by atoms with Gasteiger partial charge in [0.25, 0.3) is 0 Å². The van der Waals surface area contributed by atoms with Gasteiger partial charge in [0.05, 0.1) is 9.26 Å². The van der Waals surface area contributed by atoms with Crippen LogP contribution in [0.1, 0.15) is 24.9 Å². The van der Waals surface area contributed by atoms with E-state index in [2.05, 4.69) is 39.5 Å². The van der Waals surface area contributed by atoms with Crippen LogP contribution >= 0.6 is 22.6 Å². The van der Waals surface area contributed by atoms with Crippen LogP contribution in [0.5, 0.6) is 0 Å². The van der Waals surface area contributed by atoms with Crippen LogP contribution in [0, 0.1) is 3.57 Å². The molecule has 1 aromatic heterocycles. The van der Waals surface area contributed by atoms with Crippen LogP contribution in [-0.2, 0) is 17.8 Å². The molecule has 0 amide bonds. The van der Waals surface area contributed by atoms with Crippen molar-refractivity contribution in [1.82, 2.24) is 9.97 Å². The lowest BCUT2D eigenvalue weighted by Crippen LogP contribution is -2.07. The summed E-state index contributed by atoms with van der Waals surface area (Å²) in [4.78, 5) is 8.53. The summed E-state index contributed by atoms with van der Waals surface area (Å²) in [5.74, 6) is 1.21. The first-order valence-corrected chi connectivity index (χ1v) is 5.56. The van der Waals surface area contributed by atoms with Gasteiger partial charge < -0.3 is 10.5 Å². The molecule has 5 heteroatoms. The largest absolute Gasteiger partial charge is 0.383 e. The molecule has 0 spiro atoms. The average Bonchev–Trinajstić information content (AvgIpc) is 2.14. The summed E-state index contributed by atoms with van der Waals surface area (Å²) in [6.45, 7) is 2.53. The fourth-order valence-electron chi connectivity index (χ4n) is 1.16. The number of aromatic nitrogens is 2. The molecule has 14 heavy (non-hydrogen) atoms. The molecule has 0 atom stereocenters. The van der Waals surface area contributed by atoms with Crippen molar-refractivity contribution in [1.29, 1.82) is 0 Å². The van der Waals surface area contributed by atoms with Gasteiger partial charge in [0.2, 0.25) is 0 Å². The summed E-state index contributed by atoms with van der Waals surface area (Å²) in [6, 6.07) is 0. The van der Waals surface area contributed by atoms with Gasteiger partial charge in [-0.25, -0.2) is 9.97 Å². The molecule has 0 saturated heterocycles. The molecule has 0 aliphatic carbocycles. The number of hydrogen-bond donors (Lipinski definition) is 1. The van der Waals surface area contributed by atoms with Crippen molar-refractivity contribution < 1.29 is 4.74 Å². The van der Waals surface area contributed by atoms with E-state index in [-0.39, 0.29) is 0 Å². The molecule has 1 aromatic rings. The molecule has 0 saturated carbocycles. The van der Waals surface area contributed by atoms with Crippen LogP contribution in [0.2, 0.25) is 0 Å². The number of methoxy groups -OCH3 is 1. The molecule has 0 aromatic carbocycles. The van der Waals surface area contributed by atoms with E-state index in [4.69, 9.17) is 10.5 Å². The molecule has 1 heterocycles. The van der Waals surface area contributed by atoms with Crippen molar-refractivity contribution in [3.63, 3.8) is 0 Å². The molecule has 78 valence electrons. The van der Waals surface area contributed by atoms with E-state index in [0.29, 0.717) is 18.2 Å². The van der Waals surface area contributed by atoms with Gasteiger partial charge >= 0.3 is 0 Å². The van der Waals surface area contributed by atoms with E-state index in [1.807, 2.05) is 0 Å². The Bertz CT molecular complexity index is 317. The Balaban J connectivity index is 3.01. The van der Waals surface area contributed by atoms with E-state index in [0.717, 1.165) is 22.1 Å². The van der Waals surface area contributed by atoms with Crippen molar-refractivity contribution in [2.45, 2.75) is 26.4 Å². The summed E-state index contributed by atoms with van der Waals surface area (Å²) in [6.07, 6.45) is 1.99. The highest BCUT2D eigenvalue weighted by Gasteiger charge is 2.08. The zero-order valence-corrected chi connectivity index (χ0v) is 10.5. The number of ether oxygens (including phenoxy) is 1. The number of hydrogen-bond acceptors (Lipinski definition) is 4. The lowest BCUT2D eigenvalue weighted by atomic mass is 10.2. The maximum absolute atomic E-state index is 5.77. The van der Waals surface area contributed by atoms with E-state index in [9.17, 15) is 0 Å². The fraction of sp³-hybridized carbons (Fsp3) is 0.556. The van der Waals surface area contributed by atoms with E-state index < -0.39 is 0 Å². The summed E-state index contributed by atoms with van der Waals surface area (Å²) in [5, 5.41) is 0. The van der Waals surface area contributed by atoms with Gasteiger partial charge in [-0.05, 0) is 29.0 Å². The Hall–Kier alpha value is -0.430. The number of nitrogens with zero attached hydrogens (tertiary/aromatic N) is 2. The van der Waals surface area contributed by atoms with Crippen LogP contribution in [0.15, 0.2) is 0 Å². The smallest absolute Gasteiger partial charge is 0.156 e. The minimum Gasteiger partial charge on any atom is -0.383 e. The van der Waals surface area contributed by atoms with Crippen LogP contribution in [-0.4, -0.2) is 17.1 Å². The third kappa shape index (κ3) is 2.78. The van der Waals surface area contributed by atoms with Crippen molar-refractivity contribution in [2.75, 3.05) is 12.8 Å². The molecule has 4 nitrogen and oxygen atoms in total. The molecule has 0 radical (unpaired) electrons. The number of rotatable bonds is 4. The molecule has 0 fully saturated rings. The van der Waals surface area contributed by atoms with Gasteiger partial charge in [-0.15, -0.1) is 0 Å². The van der Waals surface area contributed by atoms with Gasteiger partial charge in [-0.1, -0.05) is 13.3 Å². The van der Waals surface area contributed by atoms with Gasteiger partial charge in [0.15, 0.2) is 5.82 Å². The van der Waals surface area contributed by atoms with E-state index >= 15 is 0 Å². The molecule has 0 aliphatic heterocycles. The van der Waals surface area contributed by atoms with Crippen molar-refractivity contribution in [2.24, 2.45) is 0 Å². The lowest BCUT2D eigenvalue weighted by Gasteiger charge is -2.07. The molecular formula is C9H14IN3O. The quantitative estimate of drug-likeness (QED) is 0.861. The highest BCUT2D eigenvalue weighted by Crippen LogP contribution is 2.17. The van der Waals surface area contributed by atoms with Crippen molar-refractivity contribution in [3.8, 4) is 0 Å². The molecular weight excluding hydrogens is 293 g/mol. The standard InChI is InChI=1S/C9H14IN3O/c1-3-4-6-8(10)9(11)13-7(12-6)5-14-2/h3-5H2,1-2H3,(H2,11,12,13). The summed E-state index contributed by atoms with van der Waals surface area (Å²) < 4.78 is 5.94. The fourth-order valence-corrected chi connectivity index (χ4v) is 1.67. The lowest BCUT2D eigenvalue weighted by molar-refractivity contribution is 0.177. The first-order chi connectivity index (χ1) is 6.69. The van der Waals surface area contributed by atoms with E-state index in [1.54, 1.807) is 7.11 Å². The molecule has 0 aliphatic rings. The maximum atomic E-state index is 5.77. The van der Waals surface area contributed by atoms with Crippen LogP contribution in [0.3, 0.4) is 0 Å². The SMILES string of the molecule is CCCc1nc(COC)nc(N)c1I. The number of nitrogen functional groups attached to an aromatic ring is 1. The summed E-state index contributed by atoms with van der Waals surface area (Å²) in [5.41, 5.74) is 6.79. The minimum atomic E-state index is 0.415. The second kappa shape index (κ2) is 5.45. The van der Waals surface area contributed by atoms with Crippen LogP contribution in [0.4, 0.5) is 5.82 Å². The predicted molar refractivity (Wildman–Crippen MR) is 63.9 cm³/mol. The minimum absolute atomic E-state index is 0.415. The molecule has 1 rings (SSSR count). The second-order valence-electron chi connectivity index (χ2n) is 2.97. The number of anilines is 1. The zero-order valence-electron chi connectivity index (χ0n) is 8.38. The highest BCUT2D eigenvalue weighted by molar-refractivity contribution is 14.1. The van der Waals surface area contributed by atoms with Gasteiger partial charge in [0, 0.05) is 7.11 Å². The summed E-state index contributed by atoms with van der Waals surface area (Å²) >= 11 is 2.18. The number of nitrogens with two attached hydrogens (primary N) is 1. The number of halogens is 1. The van der Waals surface area contributed by atoms with Gasteiger partial charge in [-0.2, -0.15) is 0 Å². The second-order valence-corrected chi connectivity index (χ2v) is 4.05. The third-order valence-electron chi connectivity index (χ3n) is 1.75. The Kier molecular flexibility index (Phi) is 4.53. The Morgan fingerprint density at radius 3 is 2.71 bits per heavy atom. The first kappa shape index (κ1) is 11.6. The average molecular weight is 307 g/mol. The number of aryl methyl sites for hydroxylation is 1. The Morgan fingerprint density at radius 1 is 1.43 bits per heavy atom. The molecule has 2 N–H and O–H groups in total. The van der Waals surface area contributed by atoms with Crippen molar-refractivity contribution in [3.05, 3.63) is 15.1 Å². The molecule has 0 bridgehead atoms. The summed E-state index contributed by atoms with van der Waals surface area (Å²) in [7, 11) is 1.62. The first-order valence-electron chi connectivity index (χ1n) is 4.48. The van der Waals surface area contributed by atoms with Gasteiger partial charge in [0.1, 0.15) is 12.4 Å². The van der Waals surface area contributed by atoms with Crippen LogP contribution < -0.4 is 5.73 Å². The molecule has 0 unspecified atom stereocenters. The zero-order chi connectivity index (χ0) is 10.6. The predicted octanol–water partition coefficient (Wildman–Crippen LogP) is 1.76. The highest BCUT2D eigenvalue weighted by atomic mass is 127. The van der Waals surface area contributed by atoms with Crippen LogP contribution in [0.25, 0.3) is 0 Å². The van der Waals surface area contributed by atoms with E-state index in [1.165, 1.54) is 0 Å². The topological polar surface area (TPSA) is 61.0 Å².